The second-order valence-corrected chi connectivity index (χ2v) is 8.52. The molecule has 34 heavy (non-hydrogen) atoms. The largest absolute Gasteiger partial charge is 0.490 e. The van der Waals surface area contributed by atoms with Crippen LogP contribution < -0.4 is 16.1 Å². The van der Waals surface area contributed by atoms with Gasteiger partial charge in [0.05, 0.1) is 5.69 Å². The summed E-state index contributed by atoms with van der Waals surface area (Å²) >= 11 is 0. The zero-order chi connectivity index (χ0) is 23.5. The second kappa shape index (κ2) is 9.80. The molecule has 0 spiro atoms. The van der Waals surface area contributed by atoms with Crippen molar-refractivity contribution in [3.05, 3.63) is 77.5 Å². The van der Waals surface area contributed by atoms with Gasteiger partial charge in [0, 0.05) is 68.4 Å². The minimum Gasteiger partial charge on any atom is -0.423 e. The molecule has 0 amide bonds. The second-order valence-electron chi connectivity index (χ2n) is 8.52. The molecule has 0 saturated carbocycles. The number of nitrogens with zero attached hydrogens (tertiary/aromatic N) is 6. The van der Waals surface area contributed by atoms with E-state index in [9.17, 15) is 14.8 Å². The molecule has 0 atom stereocenters. The van der Waals surface area contributed by atoms with Gasteiger partial charge in [-0.05, 0) is 36.8 Å². The molecule has 0 bridgehead atoms. The smallest absolute Gasteiger partial charge is 0.423 e. The highest BCUT2D eigenvalue weighted by Gasteiger charge is 2.18. The number of anilines is 1. The standard InChI is InChI=1S/C24H27BN6O3/c32-24-30-11-2-1-7-23(30)27-31(24)12-4-10-28-13-15-29(16-14-28)21-6-3-5-19(17-21)22-9-8-20(18-26-22)25(33)34/h1-3,5-9,11,17-18,33-34H,4,10,12-16H2. The molecule has 10 heteroatoms. The fourth-order valence-electron chi connectivity index (χ4n) is 4.38. The van der Waals surface area contributed by atoms with Crippen LogP contribution >= 0.6 is 0 Å². The Bertz CT molecular complexity index is 1310. The van der Waals surface area contributed by atoms with Crippen LogP contribution in [0.25, 0.3) is 16.9 Å². The van der Waals surface area contributed by atoms with Gasteiger partial charge in [-0.3, -0.25) is 14.3 Å². The van der Waals surface area contributed by atoms with Gasteiger partial charge in [-0.1, -0.05) is 24.3 Å². The van der Waals surface area contributed by atoms with E-state index in [4.69, 9.17) is 0 Å². The average molecular weight is 458 g/mol. The number of piperazine rings is 1. The molecule has 2 N–H and O–H groups in total. The van der Waals surface area contributed by atoms with Crippen molar-refractivity contribution in [3.8, 4) is 11.3 Å². The Morgan fingerprint density at radius 1 is 0.941 bits per heavy atom. The summed E-state index contributed by atoms with van der Waals surface area (Å²) in [5.41, 5.74) is 3.92. The number of benzene rings is 1. The molecule has 0 unspecified atom stereocenters. The number of pyridine rings is 2. The molecule has 1 saturated heterocycles. The Morgan fingerprint density at radius 2 is 1.79 bits per heavy atom. The first-order chi connectivity index (χ1) is 16.6. The monoisotopic (exact) mass is 458 g/mol. The highest BCUT2D eigenvalue weighted by Crippen LogP contribution is 2.24. The van der Waals surface area contributed by atoms with Crippen molar-refractivity contribution in [2.24, 2.45) is 0 Å². The van der Waals surface area contributed by atoms with Gasteiger partial charge in [0.2, 0.25) is 0 Å². The first kappa shape index (κ1) is 22.3. The van der Waals surface area contributed by atoms with Gasteiger partial charge in [-0.25, -0.2) is 9.48 Å². The molecule has 1 fully saturated rings. The molecule has 0 radical (unpaired) electrons. The Kier molecular flexibility index (Phi) is 6.44. The maximum Gasteiger partial charge on any atom is 0.490 e. The molecule has 174 valence electrons. The summed E-state index contributed by atoms with van der Waals surface area (Å²) < 4.78 is 3.13. The number of hydrogen-bond donors (Lipinski definition) is 2. The molecule has 0 aliphatic carbocycles. The zero-order valence-electron chi connectivity index (χ0n) is 18.9. The van der Waals surface area contributed by atoms with E-state index in [0.29, 0.717) is 17.7 Å². The number of aryl methyl sites for hydroxylation is 1. The van der Waals surface area contributed by atoms with Gasteiger partial charge in [-0.2, -0.15) is 0 Å². The average Bonchev–Trinajstić information content (AvgIpc) is 3.20. The number of aromatic nitrogens is 4. The van der Waals surface area contributed by atoms with Crippen LogP contribution in [0, 0.1) is 0 Å². The molecule has 3 aromatic heterocycles. The van der Waals surface area contributed by atoms with Gasteiger partial charge in [0.25, 0.3) is 0 Å². The topological polar surface area (TPSA) is 99.1 Å². The summed E-state index contributed by atoms with van der Waals surface area (Å²) in [4.78, 5) is 21.6. The van der Waals surface area contributed by atoms with Crippen LogP contribution in [-0.4, -0.2) is 74.0 Å². The van der Waals surface area contributed by atoms with Gasteiger partial charge in [-0.15, -0.1) is 5.10 Å². The first-order valence-electron chi connectivity index (χ1n) is 11.5. The van der Waals surface area contributed by atoms with E-state index >= 15 is 0 Å². The van der Waals surface area contributed by atoms with Crippen LogP contribution in [-0.2, 0) is 6.54 Å². The highest BCUT2D eigenvalue weighted by atomic mass is 16.4. The Balaban J connectivity index is 1.15. The van der Waals surface area contributed by atoms with E-state index < -0.39 is 7.12 Å². The SMILES string of the molecule is O=c1n(CCCN2CCN(c3cccc(-c4ccc(B(O)O)cn4)c3)CC2)nc2ccccn12. The Hall–Kier alpha value is -3.47. The predicted molar refractivity (Wildman–Crippen MR) is 132 cm³/mol. The summed E-state index contributed by atoms with van der Waals surface area (Å²) in [7, 11) is -1.51. The van der Waals surface area contributed by atoms with E-state index in [1.807, 2.05) is 30.3 Å². The fourth-order valence-corrected chi connectivity index (χ4v) is 4.38. The lowest BCUT2D eigenvalue weighted by Gasteiger charge is -2.36. The lowest BCUT2D eigenvalue weighted by atomic mass is 9.81. The van der Waals surface area contributed by atoms with Crippen LogP contribution in [0.1, 0.15) is 6.42 Å². The van der Waals surface area contributed by atoms with Crippen molar-refractivity contribution in [3.63, 3.8) is 0 Å². The third-order valence-corrected chi connectivity index (χ3v) is 6.30. The van der Waals surface area contributed by atoms with Gasteiger partial charge in [0.15, 0.2) is 5.65 Å². The van der Waals surface area contributed by atoms with E-state index in [1.54, 1.807) is 27.4 Å². The van der Waals surface area contributed by atoms with Crippen molar-refractivity contribution in [2.75, 3.05) is 37.6 Å². The molecular formula is C24H27BN6O3. The molecule has 1 aliphatic rings. The summed E-state index contributed by atoms with van der Waals surface area (Å²) in [6.45, 7) is 5.34. The van der Waals surface area contributed by atoms with Crippen molar-refractivity contribution in [1.29, 1.82) is 0 Å². The van der Waals surface area contributed by atoms with E-state index in [0.717, 1.165) is 56.1 Å². The maximum atomic E-state index is 12.4. The Labute approximate surface area is 197 Å². The van der Waals surface area contributed by atoms with E-state index in [-0.39, 0.29) is 5.69 Å². The molecule has 4 aromatic rings. The highest BCUT2D eigenvalue weighted by molar-refractivity contribution is 6.58. The van der Waals surface area contributed by atoms with Crippen LogP contribution in [0.4, 0.5) is 5.69 Å². The summed E-state index contributed by atoms with van der Waals surface area (Å²) in [5, 5.41) is 22.9. The normalized spacial score (nSPS) is 14.6. The fraction of sp³-hybridized carbons (Fsp3) is 0.292. The van der Waals surface area contributed by atoms with E-state index in [2.05, 4.69) is 32.0 Å². The number of hydrogen-bond acceptors (Lipinski definition) is 7. The van der Waals surface area contributed by atoms with Crippen molar-refractivity contribution in [1.82, 2.24) is 24.1 Å². The third kappa shape index (κ3) is 4.74. The van der Waals surface area contributed by atoms with Gasteiger partial charge in [0.1, 0.15) is 0 Å². The van der Waals surface area contributed by atoms with E-state index in [1.165, 1.54) is 6.20 Å². The molecule has 9 nitrogen and oxygen atoms in total. The van der Waals surface area contributed by atoms with Crippen LogP contribution in [0.5, 0.6) is 0 Å². The molecular weight excluding hydrogens is 431 g/mol. The minimum atomic E-state index is -1.51. The van der Waals surface area contributed by atoms with Crippen LogP contribution in [0.2, 0.25) is 0 Å². The quantitative estimate of drug-likeness (QED) is 0.388. The van der Waals surface area contributed by atoms with Crippen molar-refractivity contribution >= 4 is 23.9 Å². The maximum absolute atomic E-state index is 12.4. The van der Waals surface area contributed by atoms with Gasteiger partial charge < -0.3 is 14.9 Å². The van der Waals surface area contributed by atoms with Crippen molar-refractivity contribution in [2.45, 2.75) is 13.0 Å². The molecule has 5 rings (SSSR count). The summed E-state index contributed by atoms with van der Waals surface area (Å²) in [5.74, 6) is 0. The molecule has 1 aromatic carbocycles. The molecule has 4 heterocycles. The number of rotatable bonds is 7. The van der Waals surface area contributed by atoms with Crippen LogP contribution in [0.3, 0.4) is 0 Å². The third-order valence-electron chi connectivity index (χ3n) is 6.30. The van der Waals surface area contributed by atoms with Crippen LogP contribution in [0.15, 0.2) is 71.8 Å². The molecule has 1 aliphatic heterocycles. The van der Waals surface area contributed by atoms with Crippen molar-refractivity contribution < 1.29 is 10.0 Å². The lowest BCUT2D eigenvalue weighted by Crippen LogP contribution is -2.46. The van der Waals surface area contributed by atoms with Gasteiger partial charge >= 0.3 is 12.8 Å². The lowest BCUT2D eigenvalue weighted by molar-refractivity contribution is 0.248. The predicted octanol–water partition coefficient (Wildman–Crippen LogP) is 0.450. The minimum absolute atomic E-state index is 0.0861. The summed E-state index contributed by atoms with van der Waals surface area (Å²) in [6.07, 6.45) is 4.12. The Morgan fingerprint density at radius 3 is 2.53 bits per heavy atom. The first-order valence-corrected chi connectivity index (χ1v) is 11.5. The zero-order valence-corrected chi connectivity index (χ0v) is 18.9. The summed E-state index contributed by atoms with van der Waals surface area (Å²) in [6, 6.07) is 17.3. The number of fused-ring (bicyclic) bond motifs is 1.